The largest absolute Gasteiger partial charge is 0.480 e. The quantitative estimate of drug-likeness (QED) is 0.904. The number of rotatable bonds is 4. The number of carbonyl (C=O) groups excluding carboxylic acids is 2. The minimum Gasteiger partial charge on any atom is -0.480 e. The summed E-state index contributed by atoms with van der Waals surface area (Å²) in [4.78, 5) is 38.1. The number of nitrogens with zero attached hydrogens (tertiary/aromatic N) is 2. The molecular weight excluding hydrogens is 303 g/mol. The lowest BCUT2D eigenvalue weighted by molar-refractivity contribution is -0.145. The predicted octanol–water partition coefficient (Wildman–Crippen LogP) is 1.22. The van der Waals surface area contributed by atoms with Gasteiger partial charge in [-0.15, -0.1) is 0 Å². The van der Waals surface area contributed by atoms with Gasteiger partial charge < -0.3 is 14.9 Å². The first-order valence-electron chi connectivity index (χ1n) is 7.40. The maximum Gasteiger partial charge on any atom is 0.323 e. The number of aliphatic carboxylic acids is 1. The van der Waals surface area contributed by atoms with Crippen LogP contribution < -0.4 is 0 Å². The van der Waals surface area contributed by atoms with Crippen LogP contribution in [0.25, 0.3) is 0 Å². The zero-order valence-corrected chi connectivity index (χ0v) is 12.9. The number of hydrogen-bond donors (Lipinski definition) is 1. The van der Waals surface area contributed by atoms with E-state index in [2.05, 4.69) is 0 Å². The standard InChI is InChI=1S/C16H19FN2O4/c1-18(10-14(20)21)15(22)12-3-2-8-19(9-12)16(23)11-4-6-13(17)7-5-11/h4-7,12H,2-3,8-10H2,1H3,(H,20,21). The summed E-state index contributed by atoms with van der Waals surface area (Å²) in [6, 6.07) is 5.28. The highest BCUT2D eigenvalue weighted by molar-refractivity contribution is 5.94. The molecule has 1 atom stereocenters. The number of likely N-dealkylation sites (N-methyl/N-ethyl adjacent to an activating group) is 1. The third kappa shape index (κ3) is 4.28. The van der Waals surface area contributed by atoms with E-state index in [-0.39, 0.29) is 24.9 Å². The molecule has 6 nitrogen and oxygen atoms in total. The molecule has 0 spiro atoms. The lowest BCUT2D eigenvalue weighted by atomic mass is 9.96. The molecule has 1 fully saturated rings. The van der Waals surface area contributed by atoms with E-state index in [1.165, 1.54) is 36.2 Å². The zero-order valence-electron chi connectivity index (χ0n) is 12.9. The van der Waals surface area contributed by atoms with E-state index >= 15 is 0 Å². The van der Waals surface area contributed by atoms with Crippen molar-refractivity contribution in [2.75, 3.05) is 26.7 Å². The molecule has 1 unspecified atom stereocenters. The van der Waals surface area contributed by atoms with E-state index in [4.69, 9.17) is 5.11 Å². The highest BCUT2D eigenvalue weighted by atomic mass is 19.1. The van der Waals surface area contributed by atoms with E-state index in [1.54, 1.807) is 4.90 Å². The third-order valence-electron chi connectivity index (χ3n) is 3.90. The van der Waals surface area contributed by atoms with E-state index in [1.807, 2.05) is 0 Å². The third-order valence-corrected chi connectivity index (χ3v) is 3.90. The molecule has 2 amide bonds. The van der Waals surface area contributed by atoms with Gasteiger partial charge in [0.1, 0.15) is 12.4 Å². The zero-order chi connectivity index (χ0) is 17.0. The minimum absolute atomic E-state index is 0.247. The highest BCUT2D eigenvalue weighted by Crippen LogP contribution is 2.20. The Morgan fingerprint density at radius 1 is 1.30 bits per heavy atom. The number of carbonyl (C=O) groups is 3. The number of likely N-dealkylation sites (tertiary alicyclic amines) is 1. The van der Waals surface area contributed by atoms with Gasteiger partial charge in [0, 0.05) is 25.7 Å². The molecular formula is C16H19FN2O4. The van der Waals surface area contributed by atoms with Crippen molar-refractivity contribution in [2.24, 2.45) is 5.92 Å². The van der Waals surface area contributed by atoms with Gasteiger partial charge in [-0.05, 0) is 37.1 Å². The van der Waals surface area contributed by atoms with Gasteiger partial charge in [-0.25, -0.2) is 4.39 Å². The van der Waals surface area contributed by atoms with Gasteiger partial charge in [-0.2, -0.15) is 0 Å². The van der Waals surface area contributed by atoms with E-state index in [0.717, 1.165) is 0 Å². The summed E-state index contributed by atoms with van der Waals surface area (Å²) in [5.74, 6) is -2.41. The Morgan fingerprint density at radius 3 is 2.57 bits per heavy atom. The van der Waals surface area contributed by atoms with Crippen molar-refractivity contribution in [3.05, 3.63) is 35.6 Å². The van der Waals surface area contributed by atoms with Crippen molar-refractivity contribution in [1.82, 2.24) is 9.80 Å². The molecule has 7 heteroatoms. The molecule has 2 rings (SSSR count). The van der Waals surface area contributed by atoms with Crippen molar-refractivity contribution in [3.8, 4) is 0 Å². The van der Waals surface area contributed by atoms with Crippen LogP contribution in [0.1, 0.15) is 23.2 Å². The van der Waals surface area contributed by atoms with Crippen LogP contribution >= 0.6 is 0 Å². The molecule has 124 valence electrons. The smallest absolute Gasteiger partial charge is 0.323 e. The Morgan fingerprint density at radius 2 is 1.96 bits per heavy atom. The summed E-state index contributed by atoms with van der Waals surface area (Å²) in [5, 5.41) is 8.75. The van der Waals surface area contributed by atoms with Crippen LogP contribution in [0.5, 0.6) is 0 Å². The normalized spacial score (nSPS) is 17.7. The Hall–Kier alpha value is -2.44. The second kappa shape index (κ2) is 7.21. The van der Waals surface area contributed by atoms with Gasteiger partial charge >= 0.3 is 5.97 Å². The van der Waals surface area contributed by atoms with Crippen molar-refractivity contribution >= 4 is 17.8 Å². The summed E-state index contributed by atoms with van der Waals surface area (Å²) >= 11 is 0. The van der Waals surface area contributed by atoms with Crippen molar-refractivity contribution in [1.29, 1.82) is 0 Å². The highest BCUT2D eigenvalue weighted by Gasteiger charge is 2.31. The average molecular weight is 322 g/mol. The summed E-state index contributed by atoms with van der Waals surface area (Å²) in [7, 11) is 1.44. The number of hydrogen-bond acceptors (Lipinski definition) is 3. The fourth-order valence-corrected chi connectivity index (χ4v) is 2.73. The van der Waals surface area contributed by atoms with Crippen molar-refractivity contribution in [2.45, 2.75) is 12.8 Å². The van der Waals surface area contributed by atoms with Crippen LogP contribution in [-0.4, -0.2) is 59.4 Å². The van der Waals surface area contributed by atoms with E-state index in [9.17, 15) is 18.8 Å². The van der Waals surface area contributed by atoms with Crippen LogP contribution in [0.3, 0.4) is 0 Å². The first-order valence-corrected chi connectivity index (χ1v) is 7.40. The van der Waals surface area contributed by atoms with Gasteiger partial charge in [0.25, 0.3) is 5.91 Å². The molecule has 1 N–H and O–H groups in total. The van der Waals surface area contributed by atoms with Crippen LogP contribution in [-0.2, 0) is 9.59 Å². The molecule has 0 aromatic heterocycles. The Bertz CT molecular complexity index is 603. The lowest BCUT2D eigenvalue weighted by Crippen LogP contribution is -2.46. The molecule has 0 saturated carbocycles. The van der Waals surface area contributed by atoms with Crippen molar-refractivity contribution in [3.63, 3.8) is 0 Å². The SMILES string of the molecule is CN(CC(=O)O)C(=O)C1CCCN(C(=O)c2ccc(F)cc2)C1. The van der Waals surface area contributed by atoms with Crippen molar-refractivity contribution < 1.29 is 23.9 Å². The molecule has 0 aliphatic carbocycles. The molecule has 1 saturated heterocycles. The number of halogens is 1. The van der Waals surface area contributed by atoms with E-state index in [0.29, 0.717) is 24.9 Å². The van der Waals surface area contributed by atoms with Gasteiger partial charge in [-0.1, -0.05) is 0 Å². The van der Waals surface area contributed by atoms with Gasteiger partial charge in [0.2, 0.25) is 5.91 Å². The minimum atomic E-state index is -1.07. The Balaban J connectivity index is 2.02. The molecule has 1 heterocycles. The first-order chi connectivity index (χ1) is 10.9. The number of carboxylic acids is 1. The Labute approximate surface area is 133 Å². The number of piperidine rings is 1. The molecule has 1 aliphatic rings. The lowest BCUT2D eigenvalue weighted by Gasteiger charge is -2.33. The predicted molar refractivity (Wildman–Crippen MR) is 80.3 cm³/mol. The summed E-state index contributed by atoms with van der Waals surface area (Å²) < 4.78 is 12.9. The van der Waals surface area contributed by atoms with Gasteiger partial charge in [0.15, 0.2) is 0 Å². The summed E-state index contributed by atoms with van der Waals surface area (Å²) in [6.07, 6.45) is 1.29. The van der Waals surface area contributed by atoms with Gasteiger partial charge in [0.05, 0.1) is 5.92 Å². The van der Waals surface area contributed by atoms with Crippen LogP contribution in [0.4, 0.5) is 4.39 Å². The Kier molecular flexibility index (Phi) is 5.31. The fourth-order valence-electron chi connectivity index (χ4n) is 2.73. The number of carboxylic acid groups (broad SMARTS) is 1. The topological polar surface area (TPSA) is 77.9 Å². The van der Waals surface area contributed by atoms with E-state index < -0.39 is 17.7 Å². The number of benzene rings is 1. The summed E-state index contributed by atoms with van der Waals surface area (Å²) in [6.45, 7) is 0.420. The average Bonchev–Trinajstić information content (AvgIpc) is 2.53. The number of amides is 2. The molecule has 1 aromatic rings. The molecule has 0 bridgehead atoms. The fraction of sp³-hybridized carbons (Fsp3) is 0.438. The monoisotopic (exact) mass is 322 g/mol. The molecule has 0 radical (unpaired) electrons. The maximum absolute atomic E-state index is 12.9. The second-order valence-electron chi connectivity index (χ2n) is 5.69. The second-order valence-corrected chi connectivity index (χ2v) is 5.69. The molecule has 1 aliphatic heterocycles. The maximum atomic E-state index is 12.9. The van der Waals surface area contributed by atoms with Crippen LogP contribution in [0, 0.1) is 11.7 Å². The molecule has 23 heavy (non-hydrogen) atoms. The first kappa shape index (κ1) is 16.9. The van der Waals surface area contributed by atoms with Gasteiger partial charge in [-0.3, -0.25) is 14.4 Å². The summed E-state index contributed by atoms with van der Waals surface area (Å²) in [5.41, 5.74) is 0.374. The van der Waals surface area contributed by atoms with Crippen LogP contribution in [0.2, 0.25) is 0 Å². The molecule has 1 aromatic carbocycles. The van der Waals surface area contributed by atoms with Crippen LogP contribution in [0.15, 0.2) is 24.3 Å².